The van der Waals surface area contributed by atoms with Crippen molar-refractivity contribution in [3.8, 4) is 5.75 Å². The van der Waals surface area contributed by atoms with Gasteiger partial charge in [-0.05, 0) is 40.1 Å². The molecule has 2 aromatic carbocycles. The molecule has 1 N–H and O–H groups in total. The molecule has 1 aromatic heterocycles. The van der Waals surface area contributed by atoms with Crippen LogP contribution < -0.4 is 10.1 Å². The van der Waals surface area contributed by atoms with Crippen molar-refractivity contribution >= 4 is 17.7 Å². The van der Waals surface area contributed by atoms with Crippen LogP contribution in [0.4, 0.5) is 5.95 Å². The first kappa shape index (κ1) is 20.3. The van der Waals surface area contributed by atoms with Crippen LogP contribution in [0.1, 0.15) is 34.5 Å². The highest BCUT2D eigenvalue weighted by molar-refractivity contribution is 6.15. The van der Waals surface area contributed by atoms with E-state index in [1.165, 1.54) is 18.9 Å². The number of hydrogen-bond donors (Lipinski definition) is 1. The van der Waals surface area contributed by atoms with Crippen molar-refractivity contribution in [1.29, 1.82) is 0 Å². The number of ether oxygens (including phenoxy) is 2. The highest BCUT2D eigenvalue weighted by Gasteiger charge is 2.38. The number of nitrogens with one attached hydrogen (secondary N) is 1. The van der Waals surface area contributed by atoms with E-state index in [-0.39, 0.29) is 23.0 Å². The summed E-state index contributed by atoms with van der Waals surface area (Å²) in [6, 6.07) is 13.8. The zero-order chi connectivity index (χ0) is 22.0. The summed E-state index contributed by atoms with van der Waals surface area (Å²) in [5, 5.41) is 14.6. The summed E-state index contributed by atoms with van der Waals surface area (Å²) >= 11 is 0. The Labute approximate surface area is 178 Å². The first-order valence-electron chi connectivity index (χ1n) is 9.72. The van der Waals surface area contributed by atoms with Gasteiger partial charge in [0.1, 0.15) is 17.5 Å². The lowest BCUT2D eigenvalue weighted by molar-refractivity contribution is -0.136. The maximum absolute atomic E-state index is 13.7. The van der Waals surface area contributed by atoms with E-state index < -0.39 is 12.0 Å². The molecule has 0 spiro atoms. The molecule has 0 amide bonds. The highest BCUT2D eigenvalue weighted by atomic mass is 16.5. The minimum atomic E-state index is -0.718. The molecule has 0 radical (unpaired) electrons. The maximum atomic E-state index is 13.7. The number of anilines is 1. The molecular weight excluding hydrogens is 398 g/mol. The number of hydrogen-bond acceptors (Lipinski definition) is 8. The van der Waals surface area contributed by atoms with Crippen LogP contribution in [0.3, 0.4) is 0 Å². The predicted octanol–water partition coefficient (Wildman–Crippen LogP) is 2.57. The van der Waals surface area contributed by atoms with Crippen LogP contribution in [0.25, 0.3) is 0 Å². The van der Waals surface area contributed by atoms with Gasteiger partial charge in [0.2, 0.25) is 5.95 Å². The van der Waals surface area contributed by atoms with E-state index in [2.05, 4.69) is 27.8 Å². The van der Waals surface area contributed by atoms with Crippen molar-refractivity contribution in [2.75, 3.05) is 19.5 Å². The van der Waals surface area contributed by atoms with Gasteiger partial charge < -0.3 is 14.8 Å². The first-order chi connectivity index (χ1) is 15.1. The van der Waals surface area contributed by atoms with Gasteiger partial charge in [0.25, 0.3) is 0 Å². The standard InChI is InChI=1S/C22H21N5O4/c1-4-13-8-10-14(11-9-13)19-17(20(28)15-6-5-7-16(12-15)30-2)18(21(29)31-3)23-22-24-25-26-27(19)22/h5-12,19H,4H2,1-3H3,(H,23,24,26)/t19-/m1/s1. The predicted molar refractivity (Wildman–Crippen MR) is 112 cm³/mol. The molecule has 158 valence electrons. The molecule has 0 bridgehead atoms. The number of aromatic nitrogens is 4. The van der Waals surface area contributed by atoms with Crippen LogP contribution >= 0.6 is 0 Å². The third kappa shape index (κ3) is 3.65. The minimum absolute atomic E-state index is 0.00203. The number of methoxy groups -OCH3 is 2. The number of carbonyl (C=O) groups excluding carboxylic acids is 2. The van der Waals surface area contributed by atoms with Crippen molar-refractivity contribution in [3.05, 3.63) is 76.5 Å². The number of allylic oxidation sites excluding steroid dienone is 1. The summed E-state index contributed by atoms with van der Waals surface area (Å²) in [6.45, 7) is 2.06. The summed E-state index contributed by atoms with van der Waals surface area (Å²) in [7, 11) is 2.78. The van der Waals surface area contributed by atoms with Gasteiger partial charge in [0.05, 0.1) is 19.8 Å². The Morgan fingerprint density at radius 3 is 2.58 bits per heavy atom. The number of aryl methyl sites for hydroxylation is 1. The molecule has 9 heteroatoms. The van der Waals surface area contributed by atoms with Gasteiger partial charge in [-0.1, -0.05) is 48.4 Å². The Morgan fingerprint density at radius 2 is 1.90 bits per heavy atom. The molecule has 1 aliphatic heterocycles. The Morgan fingerprint density at radius 1 is 1.13 bits per heavy atom. The van der Waals surface area contributed by atoms with Gasteiger partial charge >= 0.3 is 5.97 Å². The number of tetrazole rings is 1. The molecule has 2 heterocycles. The first-order valence-corrected chi connectivity index (χ1v) is 9.72. The van der Waals surface area contributed by atoms with Crippen molar-refractivity contribution < 1.29 is 19.1 Å². The minimum Gasteiger partial charge on any atom is -0.497 e. The summed E-state index contributed by atoms with van der Waals surface area (Å²) < 4.78 is 11.7. The Kier molecular flexibility index (Phi) is 5.48. The molecule has 0 unspecified atom stereocenters. The molecule has 0 aliphatic carbocycles. The van der Waals surface area contributed by atoms with Gasteiger partial charge in [0.15, 0.2) is 5.78 Å². The van der Waals surface area contributed by atoms with Crippen molar-refractivity contribution in [1.82, 2.24) is 20.2 Å². The molecule has 31 heavy (non-hydrogen) atoms. The van der Waals surface area contributed by atoms with Crippen LogP contribution in [0.15, 0.2) is 59.8 Å². The lowest BCUT2D eigenvalue weighted by Gasteiger charge is -2.28. The topological polar surface area (TPSA) is 108 Å². The lowest BCUT2D eigenvalue weighted by Crippen LogP contribution is -2.33. The second kappa shape index (κ2) is 8.39. The normalized spacial score (nSPS) is 15.1. The zero-order valence-electron chi connectivity index (χ0n) is 17.3. The summed E-state index contributed by atoms with van der Waals surface area (Å²) in [6.07, 6.45) is 0.876. The van der Waals surface area contributed by atoms with E-state index in [1.54, 1.807) is 24.3 Å². The Bertz CT molecular complexity index is 1170. The third-order valence-electron chi connectivity index (χ3n) is 5.19. The van der Waals surface area contributed by atoms with E-state index in [0.717, 1.165) is 17.5 Å². The Hall–Kier alpha value is -4.01. The third-order valence-corrected chi connectivity index (χ3v) is 5.19. The highest BCUT2D eigenvalue weighted by Crippen LogP contribution is 2.37. The van der Waals surface area contributed by atoms with Crippen LogP contribution in [-0.2, 0) is 16.0 Å². The molecule has 3 aromatic rings. The average molecular weight is 419 g/mol. The van der Waals surface area contributed by atoms with Crippen LogP contribution in [0.2, 0.25) is 0 Å². The summed E-state index contributed by atoms with van der Waals surface area (Å²) in [4.78, 5) is 26.3. The van der Waals surface area contributed by atoms with E-state index in [0.29, 0.717) is 11.3 Å². The van der Waals surface area contributed by atoms with Crippen molar-refractivity contribution in [3.63, 3.8) is 0 Å². The van der Waals surface area contributed by atoms with Crippen molar-refractivity contribution in [2.24, 2.45) is 0 Å². The number of fused-ring (bicyclic) bond motifs is 1. The number of ketones is 1. The lowest BCUT2D eigenvalue weighted by atomic mass is 9.89. The molecule has 0 fully saturated rings. The number of rotatable bonds is 6. The fraction of sp³-hybridized carbons (Fsp3) is 0.227. The Balaban J connectivity index is 1.92. The molecular formula is C22H21N5O4. The van der Waals surface area contributed by atoms with Crippen molar-refractivity contribution in [2.45, 2.75) is 19.4 Å². The maximum Gasteiger partial charge on any atom is 0.355 e. The largest absolute Gasteiger partial charge is 0.497 e. The van der Waals surface area contributed by atoms with Gasteiger partial charge in [-0.15, -0.1) is 0 Å². The fourth-order valence-corrected chi connectivity index (χ4v) is 3.55. The van der Waals surface area contributed by atoms with E-state index >= 15 is 0 Å². The smallest absolute Gasteiger partial charge is 0.355 e. The van der Waals surface area contributed by atoms with Gasteiger partial charge in [-0.3, -0.25) is 4.79 Å². The van der Waals surface area contributed by atoms with Crippen LogP contribution in [0, 0.1) is 0 Å². The molecule has 0 saturated carbocycles. The molecule has 4 rings (SSSR count). The second-order valence-electron chi connectivity index (χ2n) is 6.91. The van der Waals surface area contributed by atoms with E-state index in [1.807, 2.05) is 24.3 Å². The quantitative estimate of drug-likeness (QED) is 0.480. The van der Waals surface area contributed by atoms with E-state index in [9.17, 15) is 9.59 Å². The molecule has 0 saturated heterocycles. The second-order valence-corrected chi connectivity index (χ2v) is 6.91. The summed E-state index contributed by atoms with van der Waals surface area (Å²) in [5.41, 5.74) is 2.46. The number of esters is 1. The zero-order valence-corrected chi connectivity index (χ0v) is 17.3. The molecule has 9 nitrogen and oxygen atoms in total. The van der Waals surface area contributed by atoms with Gasteiger partial charge in [-0.25, -0.2) is 4.79 Å². The molecule has 1 atom stereocenters. The van der Waals surface area contributed by atoms with Crippen LogP contribution in [-0.4, -0.2) is 46.2 Å². The number of carbonyl (C=O) groups is 2. The monoisotopic (exact) mass is 419 g/mol. The van der Waals surface area contributed by atoms with Crippen LogP contribution in [0.5, 0.6) is 5.75 Å². The SMILES string of the molecule is CCc1ccc([C@@H]2C(C(=O)c3cccc(OC)c3)=C(C(=O)OC)Nc3nnnn32)cc1. The number of Topliss-reactive ketones (excluding diaryl/α,β-unsaturated/α-hetero) is 1. The average Bonchev–Trinajstić information content (AvgIpc) is 3.30. The van der Waals surface area contributed by atoms with E-state index in [4.69, 9.17) is 9.47 Å². The fourth-order valence-electron chi connectivity index (χ4n) is 3.55. The number of nitrogens with zero attached hydrogens (tertiary/aromatic N) is 4. The number of benzene rings is 2. The molecule has 1 aliphatic rings. The summed E-state index contributed by atoms with van der Waals surface area (Å²) in [5.74, 6) is -0.276. The van der Waals surface area contributed by atoms with Gasteiger partial charge in [-0.2, -0.15) is 4.68 Å². The van der Waals surface area contributed by atoms with Gasteiger partial charge in [0, 0.05) is 5.56 Å².